The second-order valence-corrected chi connectivity index (χ2v) is 4.09. The van der Waals surface area contributed by atoms with Crippen molar-refractivity contribution in [2.75, 3.05) is 7.05 Å². The lowest BCUT2D eigenvalue weighted by Gasteiger charge is -2.12. The summed E-state index contributed by atoms with van der Waals surface area (Å²) in [7, 11) is 1.64. The van der Waals surface area contributed by atoms with Crippen LogP contribution >= 0.6 is 15.9 Å². The molecule has 0 radical (unpaired) electrons. The van der Waals surface area contributed by atoms with Crippen LogP contribution in [0.1, 0.15) is 22.0 Å². The molecule has 0 fully saturated rings. The van der Waals surface area contributed by atoms with Crippen LogP contribution in [0, 0.1) is 11.3 Å². The fraction of sp³-hybridized carbons (Fsp3) is 0.200. The highest BCUT2D eigenvalue weighted by molar-refractivity contribution is 9.10. The Morgan fingerprint density at radius 2 is 2.29 bits per heavy atom. The number of nitrogens with zero attached hydrogens (tertiary/aromatic N) is 2. The lowest BCUT2D eigenvalue weighted by molar-refractivity contribution is 0.0800. The number of benzene rings is 1. The van der Waals surface area contributed by atoms with E-state index in [9.17, 15) is 4.79 Å². The maximum Gasteiger partial charge on any atom is 0.255 e. The Labute approximate surface area is 90.1 Å². The Bertz CT molecular complexity index is 450. The van der Waals surface area contributed by atoms with Crippen molar-refractivity contribution in [2.45, 2.75) is 6.04 Å². The Morgan fingerprint density at radius 1 is 1.57 bits per heavy atom. The summed E-state index contributed by atoms with van der Waals surface area (Å²) in [6.07, 6.45) is 0. The maximum absolute atomic E-state index is 11.6. The molecule has 0 bridgehead atoms. The molecule has 70 valence electrons. The molecule has 1 aliphatic rings. The minimum atomic E-state index is -0.449. The summed E-state index contributed by atoms with van der Waals surface area (Å²) in [6.45, 7) is 0. The minimum Gasteiger partial charge on any atom is -0.322 e. The third-order valence-corrected chi connectivity index (χ3v) is 2.86. The van der Waals surface area contributed by atoms with Gasteiger partial charge >= 0.3 is 0 Å². The van der Waals surface area contributed by atoms with Gasteiger partial charge in [0.1, 0.15) is 6.04 Å². The molecule has 1 amide bonds. The molecule has 1 unspecified atom stereocenters. The van der Waals surface area contributed by atoms with Crippen LogP contribution in [0.3, 0.4) is 0 Å². The van der Waals surface area contributed by atoms with Crippen LogP contribution in [-0.2, 0) is 0 Å². The highest BCUT2D eigenvalue weighted by Gasteiger charge is 2.33. The quantitative estimate of drug-likeness (QED) is 0.708. The van der Waals surface area contributed by atoms with Gasteiger partial charge in [0.25, 0.3) is 5.91 Å². The number of hydrogen-bond donors (Lipinski definition) is 0. The van der Waals surface area contributed by atoms with E-state index in [1.54, 1.807) is 13.1 Å². The highest BCUT2D eigenvalue weighted by atomic mass is 79.9. The highest BCUT2D eigenvalue weighted by Crippen LogP contribution is 2.33. The summed E-state index contributed by atoms with van der Waals surface area (Å²) in [5, 5.41) is 8.93. The van der Waals surface area contributed by atoms with E-state index in [0.717, 1.165) is 10.0 Å². The Hall–Kier alpha value is -1.34. The average molecular weight is 251 g/mol. The first-order valence-electron chi connectivity index (χ1n) is 4.11. The van der Waals surface area contributed by atoms with Crippen LogP contribution in [0.15, 0.2) is 22.7 Å². The molecule has 4 heteroatoms. The van der Waals surface area contributed by atoms with Gasteiger partial charge in [-0.25, -0.2) is 0 Å². The van der Waals surface area contributed by atoms with E-state index in [1.165, 1.54) is 4.90 Å². The van der Waals surface area contributed by atoms with Gasteiger partial charge in [-0.05, 0) is 18.2 Å². The number of halogens is 1. The zero-order valence-electron chi connectivity index (χ0n) is 7.49. The number of rotatable bonds is 0. The monoisotopic (exact) mass is 250 g/mol. The molecule has 1 aliphatic heterocycles. The van der Waals surface area contributed by atoms with Gasteiger partial charge in [-0.15, -0.1) is 0 Å². The molecular formula is C10H7BrN2O. The Morgan fingerprint density at radius 3 is 2.93 bits per heavy atom. The number of carbonyl (C=O) groups is 1. The molecule has 0 aliphatic carbocycles. The second kappa shape index (κ2) is 3.10. The molecule has 1 heterocycles. The molecule has 0 spiro atoms. The first kappa shape index (κ1) is 9.22. The van der Waals surface area contributed by atoms with Gasteiger partial charge < -0.3 is 4.90 Å². The second-order valence-electron chi connectivity index (χ2n) is 3.18. The van der Waals surface area contributed by atoms with E-state index in [-0.39, 0.29) is 5.91 Å². The molecular weight excluding hydrogens is 244 g/mol. The van der Waals surface area contributed by atoms with Crippen molar-refractivity contribution >= 4 is 21.8 Å². The van der Waals surface area contributed by atoms with Crippen molar-refractivity contribution in [2.24, 2.45) is 0 Å². The molecule has 1 aromatic carbocycles. The van der Waals surface area contributed by atoms with Crippen LogP contribution in [-0.4, -0.2) is 17.9 Å². The van der Waals surface area contributed by atoms with Crippen LogP contribution < -0.4 is 0 Å². The Kier molecular flexibility index (Phi) is 2.05. The molecule has 2 rings (SSSR count). The van der Waals surface area contributed by atoms with Gasteiger partial charge in [0.2, 0.25) is 0 Å². The zero-order valence-corrected chi connectivity index (χ0v) is 9.08. The van der Waals surface area contributed by atoms with Gasteiger partial charge in [-0.3, -0.25) is 4.79 Å². The van der Waals surface area contributed by atoms with E-state index in [4.69, 9.17) is 5.26 Å². The van der Waals surface area contributed by atoms with Gasteiger partial charge in [-0.2, -0.15) is 5.26 Å². The molecule has 3 nitrogen and oxygen atoms in total. The van der Waals surface area contributed by atoms with Crippen LogP contribution in [0.2, 0.25) is 0 Å². The lowest BCUT2D eigenvalue weighted by Crippen LogP contribution is -2.21. The van der Waals surface area contributed by atoms with Crippen molar-refractivity contribution in [3.8, 4) is 6.07 Å². The van der Waals surface area contributed by atoms with Crippen LogP contribution in [0.4, 0.5) is 0 Å². The number of carbonyl (C=O) groups excluding carboxylic acids is 1. The smallest absolute Gasteiger partial charge is 0.255 e. The van der Waals surface area contributed by atoms with Gasteiger partial charge in [0, 0.05) is 22.6 Å². The summed E-state index contributed by atoms with van der Waals surface area (Å²) in [5.41, 5.74) is 1.41. The van der Waals surface area contributed by atoms with E-state index in [0.29, 0.717) is 5.56 Å². The van der Waals surface area contributed by atoms with Gasteiger partial charge in [0.05, 0.1) is 6.07 Å². The number of amides is 1. The van der Waals surface area contributed by atoms with E-state index < -0.39 is 6.04 Å². The molecule has 0 saturated carbocycles. The normalized spacial score (nSPS) is 19.4. The van der Waals surface area contributed by atoms with Gasteiger partial charge in [-0.1, -0.05) is 15.9 Å². The maximum atomic E-state index is 11.6. The van der Waals surface area contributed by atoms with Crippen molar-refractivity contribution in [3.63, 3.8) is 0 Å². The standard InChI is InChI=1S/C10H7BrN2O/c1-13-9(5-12)8-4-6(11)2-3-7(8)10(13)14/h2-4,9H,1H3. The minimum absolute atomic E-state index is 0.0842. The number of nitriles is 1. The van der Waals surface area contributed by atoms with Crippen molar-refractivity contribution in [1.82, 2.24) is 4.90 Å². The predicted octanol–water partition coefficient (Wildman–Crippen LogP) is 2.10. The van der Waals surface area contributed by atoms with Crippen molar-refractivity contribution in [3.05, 3.63) is 33.8 Å². The molecule has 0 N–H and O–H groups in total. The van der Waals surface area contributed by atoms with Crippen molar-refractivity contribution < 1.29 is 4.79 Å². The summed E-state index contributed by atoms with van der Waals surface area (Å²) in [5.74, 6) is -0.0842. The first-order chi connectivity index (χ1) is 6.65. The largest absolute Gasteiger partial charge is 0.322 e. The van der Waals surface area contributed by atoms with Crippen molar-refractivity contribution in [1.29, 1.82) is 5.26 Å². The summed E-state index contributed by atoms with van der Waals surface area (Å²) >= 11 is 3.32. The number of fused-ring (bicyclic) bond motifs is 1. The van der Waals surface area contributed by atoms with E-state index >= 15 is 0 Å². The molecule has 14 heavy (non-hydrogen) atoms. The summed E-state index contributed by atoms with van der Waals surface area (Å²) in [4.78, 5) is 13.1. The summed E-state index contributed by atoms with van der Waals surface area (Å²) < 4.78 is 0.889. The summed E-state index contributed by atoms with van der Waals surface area (Å²) in [6, 6.07) is 7.04. The van der Waals surface area contributed by atoms with Crippen LogP contribution in [0.25, 0.3) is 0 Å². The Balaban J connectivity index is 2.63. The third-order valence-electron chi connectivity index (χ3n) is 2.37. The predicted molar refractivity (Wildman–Crippen MR) is 54.6 cm³/mol. The van der Waals surface area contributed by atoms with E-state index in [2.05, 4.69) is 22.0 Å². The fourth-order valence-electron chi connectivity index (χ4n) is 1.63. The number of hydrogen-bond acceptors (Lipinski definition) is 2. The first-order valence-corrected chi connectivity index (χ1v) is 4.90. The molecule has 1 atom stereocenters. The molecule has 0 aromatic heterocycles. The SMILES string of the molecule is CN1C(=O)c2ccc(Br)cc2C1C#N. The van der Waals surface area contributed by atoms with E-state index in [1.807, 2.05) is 12.1 Å². The molecule has 0 saturated heterocycles. The zero-order chi connectivity index (χ0) is 10.3. The van der Waals surface area contributed by atoms with Crippen LogP contribution in [0.5, 0.6) is 0 Å². The average Bonchev–Trinajstić information content (AvgIpc) is 2.39. The topological polar surface area (TPSA) is 44.1 Å². The van der Waals surface area contributed by atoms with Gasteiger partial charge in [0.15, 0.2) is 0 Å². The third kappa shape index (κ3) is 1.13. The fourth-order valence-corrected chi connectivity index (χ4v) is 2.01. The lowest BCUT2D eigenvalue weighted by atomic mass is 10.1. The molecule has 1 aromatic rings.